The maximum atomic E-state index is 11.1. The van der Waals surface area contributed by atoms with Crippen molar-refractivity contribution in [2.75, 3.05) is 0 Å². The van der Waals surface area contributed by atoms with E-state index in [0.29, 0.717) is 17.6 Å². The van der Waals surface area contributed by atoms with Crippen LogP contribution in [0.5, 0.6) is 5.75 Å². The number of nitrogens with zero attached hydrogens (tertiary/aromatic N) is 1. The number of allylic oxidation sites excluding steroid dienone is 1. The van der Waals surface area contributed by atoms with E-state index in [0.717, 1.165) is 53.8 Å². The first-order chi connectivity index (χ1) is 17.7. The molecule has 1 aliphatic rings. The number of hydrogen-bond acceptors (Lipinski definition) is 5. The molecule has 1 atom stereocenters. The molecule has 0 aliphatic heterocycles. The molecule has 0 amide bonds. The highest BCUT2D eigenvalue weighted by molar-refractivity contribution is 5.77. The first-order valence-electron chi connectivity index (χ1n) is 12.4. The monoisotopic (exact) mass is 479 g/mol. The van der Waals surface area contributed by atoms with Gasteiger partial charge in [0.1, 0.15) is 5.69 Å². The van der Waals surface area contributed by atoms with Crippen molar-refractivity contribution in [3.63, 3.8) is 0 Å². The smallest absolute Gasteiger partial charge is 0.352 e. The lowest BCUT2D eigenvalue weighted by molar-refractivity contribution is -0.210. The number of benzene rings is 3. The molecule has 0 bridgehead atoms. The lowest BCUT2D eigenvalue weighted by Gasteiger charge is -2.25. The van der Waals surface area contributed by atoms with Crippen molar-refractivity contribution >= 4 is 12.0 Å². The van der Waals surface area contributed by atoms with Gasteiger partial charge in [0, 0.05) is 24.1 Å². The molecule has 0 radical (unpaired) electrons. The first-order valence-corrected chi connectivity index (χ1v) is 12.4. The van der Waals surface area contributed by atoms with Crippen LogP contribution in [0.25, 0.3) is 28.7 Å². The number of carbonyl (C=O) groups is 1. The molecule has 5 rings (SSSR count). The molecular weight excluding hydrogens is 450 g/mol. The summed E-state index contributed by atoms with van der Waals surface area (Å²) in [5, 5.41) is 0. The van der Waals surface area contributed by atoms with Crippen LogP contribution in [0.15, 0.2) is 94.9 Å². The first kappa shape index (κ1) is 23.6. The summed E-state index contributed by atoms with van der Waals surface area (Å²) in [6, 6.07) is 28.0. The van der Waals surface area contributed by atoms with Gasteiger partial charge in [-0.05, 0) is 49.3 Å². The molecule has 1 fully saturated rings. The van der Waals surface area contributed by atoms with Gasteiger partial charge in [-0.1, -0.05) is 84.8 Å². The SMILES string of the molecule is CC(=O)OOc1cccc(CC2CCCCC2=Cc2nc(-c3ccccc3)c(-c3ccccc3)o2)c1. The Morgan fingerprint density at radius 3 is 2.47 bits per heavy atom. The van der Waals surface area contributed by atoms with Gasteiger partial charge in [0.15, 0.2) is 11.5 Å². The molecular formula is C31H29NO4. The third-order valence-electron chi connectivity index (χ3n) is 6.46. The van der Waals surface area contributed by atoms with Gasteiger partial charge in [0.2, 0.25) is 5.89 Å². The lowest BCUT2D eigenvalue weighted by atomic mass is 9.80. The average Bonchev–Trinajstić information content (AvgIpc) is 3.34. The molecule has 182 valence electrons. The molecule has 4 aromatic rings. The van der Waals surface area contributed by atoms with E-state index in [-0.39, 0.29) is 0 Å². The van der Waals surface area contributed by atoms with Crippen molar-refractivity contribution in [3.05, 3.63) is 102 Å². The van der Waals surface area contributed by atoms with Crippen LogP contribution >= 0.6 is 0 Å². The fourth-order valence-corrected chi connectivity index (χ4v) is 4.78. The number of hydrogen-bond donors (Lipinski definition) is 0. The summed E-state index contributed by atoms with van der Waals surface area (Å²) in [5.41, 5.74) is 5.40. The van der Waals surface area contributed by atoms with Crippen molar-refractivity contribution in [2.45, 2.75) is 39.0 Å². The number of rotatable bonds is 7. The van der Waals surface area contributed by atoms with Gasteiger partial charge in [-0.2, -0.15) is 0 Å². The molecule has 36 heavy (non-hydrogen) atoms. The van der Waals surface area contributed by atoms with Gasteiger partial charge < -0.3 is 4.42 Å². The largest absolute Gasteiger partial charge is 0.436 e. The summed E-state index contributed by atoms with van der Waals surface area (Å²) < 4.78 is 6.37. The van der Waals surface area contributed by atoms with Crippen LogP contribution in [-0.4, -0.2) is 11.0 Å². The zero-order valence-electron chi connectivity index (χ0n) is 20.4. The Balaban J connectivity index is 1.43. The lowest BCUT2D eigenvalue weighted by Crippen LogP contribution is -2.13. The molecule has 1 saturated carbocycles. The van der Waals surface area contributed by atoms with Crippen LogP contribution in [0, 0.1) is 5.92 Å². The molecule has 1 aromatic heterocycles. The number of oxazole rings is 1. The van der Waals surface area contributed by atoms with Gasteiger partial charge in [0.25, 0.3) is 0 Å². The molecule has 5 nitrogen and oxygen atoms in total. The second-order valence-electron chi connectivity index (χ2n) is 9.13. The van der Waals surface area contributed by atoms with Crippen LogP contribution in [0.2, 0.25) is 0 Å². The topological polar surface area (TPSA) is 61.6 Å². The minimum Gasteiger partial charge on any atom is -0.436 e. The van der Waals surface area contributed by atoms with E-state index in [1.165, 1.54) is 18.9 Å². The Bertz CT molecular complexity index is 1280. The molecule has 1 heterocycles. The summed E-state index contributed by atoms with van der Waals surface area (Å²) >= 11 is 0. The zero-order valence-corrected chi connectivity index (χ0v) is 20.4. The van der Waals surface area contributed by atoms with Crippen molar-refractivity contribution in [1.29, 1.82) is 0 Å². The minimum absolute atomic E-state index is 0.384. The molecule has 0 spiro atoms. The van der Waals surface area contributed by atoms with Gasteiger partial charge in [-0.15, -0.1) is 0 Å². The molecule has 1 unspecified atom stereocenters. The number of carbonyl (C=O) groups excluding carboxylic acids is 1. The molecule has 3 aromatic carbocycles. The number of aromatic nitrogens is 1. The fraction of sp³-hybridized carbons (Fsp3) is 0.226. The van der Waals surface area contributed by atoms with Crippen molar-refractivity contribution in [3.8, 4) is 28.3 Å². The summed E-state index contributed by atoms with van der Waals surface area (Å²) in [4.78, 5) is 25.8. The zero-order chi connectivity index (χ0) is 24.7. The van der Waals surface area contributed by atoms with Crippen molar-refractivity contribution in [1.82, 2.24) is 4.98 Å². The van der Waals surface area contributed by atoms with Crippen LogP contribution in [0.1, 0.15) is 44.1 Å². The molecule has 1 aliphatic carbocycles. The van der Waals surface area contributed by atoms with Gasteiger partial charge in [-0.25, -0.2) is 9.78 Å². The van der Waals surface area contributed by atoms with E-state index >= 15 is 0 Å². The third-order valence-corrected chi connectivity index (χ3v) is 6.46. The third kappa shape index (κ3) is 5.74. The summed E-state index contributed by atoms with van der Waals surface area (Å²) in [6.45, 7) is 1.32. The highest BCUT2D eigenvalue weighted by atomic mass is 17.2. The average molecular weight is 480 g/mol. The standard InChI is InChI=1S/C31H29NO4/c1-22(33)35-36-28-18-10-11-23(20-28)19-26-16-8-9-17-27(26)21-29-32-30(24-12-4-2-5-13-24)31(34-29)25-14-6-3-7-15-25/h2-7,10-15,18,20-21,26H,8-9,16-17,19H2,1H3. The Morgan fingerprint density at radius 1 is 0.972 bits per heavy atom. The summed E-state index contributed by atoms with van der Waals surface area (Å²) in [5.74, 6) is 1.86. The fourth-order valence-electron chi connectivity index (χ4n) is 4.78. The normalized spacial score (nSPS) is 16.6. The quantitative estimate of drug-likeness (QED) is 0.201. The Hall–Kier alpha value is -4.12. The predicted molar refractivity (Wildman–Crippen MR) is 140 cm³/mol. The molecule has 0 N–H and O–H groups in total. The van der Waals surface area contributed by atoms with Gasteiger partial charge >= 0.3 is 5.97 Å². The maximum absolute atomic E-state index is 11.1. The van der Waals surface area contributed by atoms with E-state index in [1.54, 1.807) is 6.07 Å². The molecule has 0 saturated heterocycles. The summed E-state index contributed by atoms with van der Waals surface area (Å²) in [7, 11) is 0. The Kier molecular flexibility index (Phi) is 7.27. The predicted octanol–water partition coefficient (Wildman–Crippen LogP) is 7.68. The van der Waals surface area contributed by atoms with Crippen molar-refractivity contribution < 1.29 is 19.0 Å². The van der Waals surface area contributed by atoms with Crippen LogP contribution in [-0.2, 0) is 16.1 Å². The second kappa shape index (κ2) is 11.1. The van der Waals surface area contributed by atoms with E-state index in [4.69, 9.17) is 14.3 Å². The van der Waals surface area contributed by atoms with E-state index in [1.807, 2.05) is 48.5 Å². The highest BCUT2D eigenvalue weighted by Crippen LogP contribution is 2.37. The highest BCUT2D eigenvalue weighted by Gasteiger charge is 2.22. The van der Waals surface area contributed by atoms with Crippen LogP contribution in [0.3, 0.4) is 0 Å². The van der Waals surface area contributed by atoms with E-state index in [9.17, 15) is 4.79 Å². The molecule has 5 heteroatoms. The van der Waals surface area contributed by atoms with E-state index in [2.05, 4.69) is 41.3 Å². The van der Waals surface area contributed by atoms with E-state index < -0.39 is 5.97 Å². The van der Waals surface area contributed by atoms with Crippen LogP contribution < -0.4 is 4.89 Å². The minimum atomic E-state index is -0.478. The van der Waals surface area contributed by atoms with Gasteiger partial charge in [0.05, 0.1) is 0 Å². The Morgan fingerprint density at radius 2 is 1.72 bits per heavy atom. The maximum Gasteiger partial charge on any atom is 0.352 e. The van der Waals surface area contributed by atoms with Crippen LogP contribution in [0.4, 0.5) is 0 Å². The summed E-state index contributed by atoms with van der Waals surface area (Å²) in [6.07, 6.45) is 7.51. The van der Waals surface area contributed by atoms with Crippen molar-refractivity contribution in [2.24, 2.45) is 5.92 Å². The van der Waals surface area contributed by atoms with Gasteiger partial charge in [-0.3, -0.25) is 9.78 Å². The second-order valence-corrected chi connectivity index (χ2v) is 9.13. The Labute approximate surface area is 211 Å².